The molecule has 0 N–H and O–H groups in total. The van der Waals surface area contributed by atoms with Gasteiger partial charge in [0, 0.05) is 53.3 Å². The van der Waals surface area contributed by atoms with Crippen LogP contribution in [-0.2, 0) is 6.18 Å². The molecule has 2 aromatic carbocycles. The van der Waals surface area contributed by atoms with Gasteiger partial charge in [0.2, 0.25) is 0 Å². The Bertz CT molecular complexity index is 1420. The number of likely N-dealkylation sites (tertiary alicyclic amines) is 1. The average molecular weight is 629 g/mol. The second-order valence-corrected chi connectivity index (χ2v) is 11.8. The van der Waals surface area contributed by atoms with E-state index in [0.717, 1.165) is 38.0 Å². The molecular formula is C31H33BrF3N5O. The number of aryl methyl sites for hydroxylation is 2. The summed E-state index contributed by atoms with van der Waals surface area (Å²) in [5.41, 5.74) is 2.37. The van der Waals surface area contributed by atoms with Crippen molar-refractivity contribution in [3.63, 3.8) is 0 Å². The normalized spacial score (nSPS) is 20.3. The molecule has 1 unspecified atom stereocenters. The molecule has 0 spiro atoms. The Morgan fingerprint density at radius 3 is 2.24 bits per heavy atom. The molecule has 0 bridgehead atoms. The summed E-state index contributed by atoms with van der Waals surface area (Å²) in [6.07, 6.45) is 3.34. The third kappa shape index (κ3) is 6.04. The fourth-order valence-electron chi connectivity index (χ4n) is 5.91. The zero-order valence-corrected chi connectivity index (χ0v) is 24.9. The third-order valence-corrected chi connectivity index (χ3v) is 8.98. The lowest BCUT2D eigenvalue weighted by molar-refractivity contribution is -0.138. The average Bonchev–Trinajstić information content (AvgIpc) is 2.94. The highest BCUT2D eigenvalue weighted by Gasteiger charge is 2.38. The Hall–Kier alpha value is -3.24. The SMILES string of the molecule is Cc1ncnc(C)c1C(=O)N1C=CC(C)(N2CCC(N(c3ccccc3)c3ccc(Br)c(C(F)(F)F)c3)CC2)CC1. The van der Waals surface area contributed by atoms with Crippen LogP contribution in [0, 0.1) is 13.8 Å². The molecule has 216 valence electrons. The second-order valence-electron chi connectivity index (χ2n) is 10.9. The number of anilines is 2. The smallest absolute Gasteiger partial charge is 0.338 e. The lowest BCUT2D eigenvalue weighted by Crippen LogP contribution is -2.54. The van der Waals surface area contributed by atoms with Gasteiger partial charge in [0.1, 0.15) is 6.33 Å². The Kier molecular flexibility index (Phi) is 8.25. The predicted molar refractivity (Wildman–Crippen MR) is 157 cm³/mol. The molecule has 0 radical (unpaired) electrons. The molecule has 10 heteroatoms. The number of carbonyl (C=O) groups excluding carboxylic acids is 1. The van der Waals surface area contributed by atoms with Gasteiger partial charge in [-0.1, -0.05) is 34.1 Å². The summed E-state index contributed by atoms with van der Waals surface area (Å²) in [5, 5.41) is 0. The van der Waals surface area contributed by atoms with E-state index >= 15 is 0 Å². The van der Waals surface area contributed by atoms with Gasteiger partial charge < -0.3 is 9.80 Å². The third-order valence-electron chi connectivity index (χ3n) is 8.29. The second kappa shape index (κ2) is 11.6. The summed E-state index contributed by atoms with van der Waals surface area (Å²) < 4.78 is 41.3. The molecule has 1 amide bonds. The quantitative estimate of drug-likeness (QED) is 0.297. The zero-order chi connectivity index (χ0) is 29.4. The molecule has 6 nitrogen and oxygen atoms in total. The number of carbonyl (C=O) groups is 1. The minimum absolute atomic E-state index is 0.0335. The van der Waals surface area contributed by atoms with Crippen LogP contribution in [0.4, 0.5) is 24.5 Å². The number of amides is 1. The summed E-state index contributed by atoms with van der Waals surface area (Å²) in [6, 6.07) is 14.1. The van der Waals surface area contributed by atoms with Crippen molar-refractivity contribution < 1.29 is 18.0 Å². The van der Waals surface area contributed by atoms with Crippen molar-refractivity contribution in [1.29, 1.82) is 0 Å². The fourth-order valence-corrected chi connectivity index (χ4v) is 6.38. The first-order chi connectivity index (χ1) is 19.5. The van der Waals surface area contributed by atoms with Crippen LogP contribution in [0.2, 0.25) is 0 Å². The standard InChI is InChI=1S/C31H33BrF3N5O/c1-21-28(22(2)37-20-36-21)29(41)38-17-13-30(3,14-18-38)39-15-11-24(12-16-39)40(23-7-5-4-6-8-23)25-9-10-27(32)26(19-25)31(33,34)35/h4-10,13,17,19-20,24H,11-12,14-16,18H2,1-3H3. The largest absolute Gasteiger partial charge is 0.417 e. The van der Waals surface area contributed by atoms with Gasteiger partial charge in [-0.15, -0.1) is 0 Å². The van der Waals surface area contributed by atoms with E-state index < -0.39 is 11.7 Å². The van der Waals surface area contributed by atoms with Crippen LogP contribution in [-0.4, -0.2) is 56.9 Å². The first-order valence-corrected chi connectivity index (χ1v) is 14.5. The highest BCUT2D eigenvalue weighted by Crippen LogP contribution is 2.41. The molecule has 5 rings (SSSR count). The summed E-state index contributed by atoms with van der Waals surface area (Å²) in [5.74, 6) is -0.0937. The number of aromatic nitrogens is 2. The van der Waals surface area contributed by atoms with Crippen molar-refractivity contribution in [2.24, 2.45) is 0 Å². The summed E-state index contributed by atoms with van der Waals surface area (Å²) >= 11 is 3.08. The first-order valence-electron chi connectivity index (χ1n) is 13.7. The van der Waals surface area contributed by atoms with E-state index in [1.807, 2.05) is 55.3 Å². The van der Waals surface area contributed by atoms with Crippen LogP contribution in [0.5, 0.6) is 0 Å². The number of benzene rings is 2. The number of halogens is 4. The van der Waals surface area contributed by atoms with Crippen LogP contribution in [0.25, 0.3) is 0 Å². The first kappa shape index (κ1) is 29.3. The molecule has 3 heterocycles. The predicted octanol–water partition coefficient (Wildman–Crippen LogP) is 7.30. The molecule has 1 fully saturated rings. The Morgan fingerprint density at radius 1 is 1.00 bits per heavy atom. The molecule has 1 saturated heterocycles. The van der Waals surface area contributed by atoms with Crippen LogP contribution < -0.4 is 4.90 Å². The molecule has 2 aliphatic heterocycles. The van der Waals surface area contributed by atoms with Crippen molar-refractivity contribution in [3.05, 3.63) is 94.1 Å². The highest BCUT2D eigenvalue weighted by atomic mass is 79.9. The molecule has 0 saturated carbocycles. The van der Waals surface area contributed by atoms with Gasteiger partial charge in [0.05, 0.1) is 22.5 Å². The Balaban J connectivity index is 1.33. The van der Waals surface area contributed by atoms with Gasteiger partial charge >= 0.3 is 6.18 Å². The molecule has 41 heavy (non-hydrogen) atoms. The van der Waals surface area contributed by atoms with E-state index in [9.17, 15) is 18.0 Å². The maximum Gasteiger partial charge on any atom is 0.417 e. The van der Waals surface area contributed by atoms with Gasteiger partial charge in [-0.2, -0.15) is 13.2 Å². The van der Waals surface area contributed by atoms with E-state index in [1.54, 1.807) is 11.0 Å². The van der Waals surface area contributed by atoms with E-state index in [1.165, 1.54) is 18.5 Å². The number of alkyl halides is 3. The topological polar surface area (TPSA) is 52.6 Å². The van der Waals surface area contributed by atoms with E-state index in [4.69, 9.17) is 0 Å². The highest BCUT2D eigenvalue weighted by molar-refractivity contribution is 9.10. The molecule has 3 aromatic rings. The van der Waals surface area contributed by atoms with Crippen molar-refractivity contribution in [1.82, 2.24) is 19.8 Å². The number of rotatable bonds is 5. The van der Waals surface area contributed by atoms with Crippen LogP contribution >= 0.6 is 15.9 Å². The lowest BCUT2D eigenvalue weighted by atomic mass is 9.88. The molecular weight excluding hydrogens is 595 g/mol. The van der Waals surface area contributed by atoms with E-state index in [-0.39, 0.29) is 22.0 Å². The number of para-hydroxylation sites is 1. The van der Waals surface area contributed by atoms with Gasteiger partial charge in [-0.3, -0.25) is 9.69 Å². The number of nitrogens with zero attached hydrogens (tertiary/aromatic N) is 5. The Morgan fingerprint density at radius 2 is 1.66 bits per heavy atom. The van der Waals surface area contributed by atoms with Crippen molar-refractivity contribution in [2.75, 3.05) is 24.5 Å². The van der Waals surface area contributed by atoms with Crippen molar-refractivity contribution in [3.8, 4) is 0 Å². The Labute approximate surface area is 247 Å². The zero-order valence-electron chi connectivity index (χ0n) is 23.3. The summed E-state index contributed by atoms with van der Waals surface area (Å²) in [4.78, 5) is 27.8. The van der Waals surface area contributed by atoms with E-state index in [0.29, 0.717) is 29.2 Å². The molecule has 2 aliphatic rings. The van der Waals surface area contributed by atoms with Gasteiger partial charge in [0.25, 0.3) is 5.91 Å². The molecule has 1 atom stereocenters. The van der Waals surface area contributed by atoms with Crippen LogP contribution in [0.3, 0.4) is 0 Å². The van der Waals surface area contributed by atoms with E-state index in [2.05, 4.69) is 43.8 Å². The van der Waals surface area contributed by atoms with Crippen LogP contribution in [0.1, 0.15) is 53.5 Å². The van der Waals surface area contributed by atoms with Crippen molar-refractivity contribution in [2.45, 2.75) is 57.8 Å². The minimum Gasteiger partial charge on any atom is -0.338 e. The fraction of sp³-hybridized carbons (Fsp3) is 0.387. The van der Waals surface area contributed by atoms with Crippen LogP contribution in [0.15, 0.2) is 71.6 Å². The minimum atomic E-state index is -4.46. The summed E-state index contributed by atoms with van der Waals surface area (Å²) in [6.45, 7) is 7.98. The molecule has 0 aliphatic carbocycles. The van der Waals surface area contributed by atoms with Gasteiger partial charge in [-0.25, -0.2) is 9.97 Å². The molecule has 1 aromatic heterocycles. The maximum atomic E-state index is 13.8. The lowest BCUT2D eigenvalue weighted by Gasteiger charge is -2.48. The number of hydrogen-bond acceptors (Lipinski definition) is 5. The monoisotopic (exact) mass is 627 g/mol. The van der Waals surface area contributed by atoms with Crippen molar-refractivity contribution >= 4 is 33.2 Å². The number of piperidine rings is 1. The number of hydrogen-bond donors (Lipinski definition) is 0. The summed E-state index contributed by atoms with van der Waals surface area (Å²) in [7, 11) is 0. The van der Waals surface area contributed by atoms with Gasteiger partial charge in [-0.05, 0) is 76.4 Å². The maximum absolute atomic E-state index is 13.8. The van der Waals surface area contributed by atoms with Gasteiger partial charge in [0.15, 0.2) is 0 Å².